The average Bonchev–Trinajstić information content (AvgIpc) is 2.16. The monoisotopic (exact) mass is 177 g/mol. The van der Waals surface area contributed by atoms with E-state index in [0.717, 1.165) is 5.69 Å². The Kier molecular flexibility index (Phi) is 2.80. The Morgan fingerprint density at radius 1 is 1.31 bits per heavy atom. The molecule has 0 aromatic heterocycles. The lowest BCUT2D eigenvalue weighted by Gasteiger charge is -2.14. The predicted molar refractivity (Wildman–Crippen MR) is 51.2 cm³/mol. The van der Waals surface area contributed by atoms with Gasteiger partial charge in [-0.1, -0.05) is 12.1 Å². The van der Waals surface area contributed by atoms with Gasteiger partial charge in [-0.05, 0) is 12.1 Å². The van der Waals surface area contributed by atoms with E-state index in [9.17, 15) is 9.59 Å². The molecular weight excluding hydrogens is 166 g/mol. The van der Waals surface area contributed by atoms with Crippen molar-refractivity contribution in [2.45, 2.75) is 0 Å². The Labute approximate surface area is 77.0 Å². The van der Waals surface area contributed by atoms with Gasteiger partial charge in [0.2, 0.25) is 5.78 Å². The highest BCUT2D eigenvalue weighted by Crippen LogP contribution is 2.17. The fraction of sp³-hybridized carbons (Fsp3) is 0.200. The lowest BCUT2D eigenvalue weighted by Crippen LogP contribution is -2.14. The van der Waals surface area contributed by atoms with E-state index in [1.54, 1.807) is 23.1 Å². The van der Waals surface area contributed by atoms with Gasteiger partial charge >= 0.3 is 0 Å². The van der Waals surface area contributed by atoms with Gasteiger partial charge in [0.15, 0.2) is 6.29 Å². The summed E-state index contributed by atoms with van der Waals surface area (Å²) in [7, 11) is 3.66. The Hall–Kier alpha value is -1.64. The molecule has 1 aromatic rings. The van der Waals surface area contributed by atoms with Crippen LogP contribution in [0.15, 0.2) is 24.3 Å². The normalized spacial score (nSPS) is 9.38. The molecule has 1 aromatic carbocycles. The van der Waals surface area contributed by atoms with Gasteiger partial charge in [-0.25, -0.2) is 0 Å². The van der Waals surface area contributed by atoms with E-state index in [1.807, 2.05) is 20.2 Å². The molecule has 0 aliphatic rings. The largest absolute Gasteiger partial charge is 0.377 e. The summed E-state index contributed by atoms with van der Waals surface area (Å²) in [6.45, 7) is 0. The van der Waals surface area contributed by atoms with Crippen molar-refractivity contribution in [3.8, 4) is 0 Å². The number of nitrogens with zero attached hydrogens (tertiary/aromatic N) is 1. The molecule has 68 valence electrons. The molecule has 3 nitrogen and oxygen atoms in total. The maximum Gasteiger partial charge on any atom is 0.227 e. The number of para-hydroxylation sites is 1. The second kappa shape index (κ2) is 3.85. The highest BCUT2D eigenvalue weighted by Gasteiger charge is 2.10. The smallest absolute Gasteiger partial charge is 0.227 e. The molecule has 0 aliphatic carbocycles. The maximum absolute atomic E-state index is 11.1. The number of hydrogen-bond donors (Lipinski definition) is 0. The zero-order valence-corrected chi connectivity index (χ0v) is 7.65. The molecule has 1 rings (SSSR count). The minimum Gasteiger partial charge on any atom is -0.377 e. The second-order valence-corrected chi connectivity index (χ2v) is 2.89. The van der Waals surface area contributed by atoms with Crippen molar-refractivity contribution in [1.82, 2.24) is 0 Å². The molecule has 0 N–H and O–H groups in total. The van der Waals surface area contributed by atoms with Crippen molar-refractivity contribution in [2.75, 3.05) is 19.0 Å². The molecule has 0 fully saturated rings. The van der Waals surface area contributed by atoms with E-state index in [0.29, 0.717) is 11.8 Å². The average molecular weight is 177 g/mol. The third-order valence-electron chi connectivity index (χ3n) is 1.76. The van der Waals surface area contributed by atoms with Crippen LogP contribution in [0.25, 0.3) is 0 Å². The third kappa shape index (κ3) is 1.93. The van der Waals surface area contributed by atoms with E-state index >= 15 is 0 Å². The molecule has 0 spiro atoms. The summed E-state index contributed by atoms with van der Waals surface area (Å²) >= 11 is 0. The van der Waals surface area contributed by atoms with Crippen LogP contribution in [0.5, 0.6) is 0 Å². The molecule has 0 atom stereocenters. The van der Waals surface area contributed by atoms with Crippen molar-refractivity contribution >= 4 is 17.8 Å². The number of carbonyl (C=O) groups excluding carboxylic acids is 2. The molecule has 0 saturated heterocycles. The molecular formula is C10H11NO2. The summed E-state index contributed by atoms with van der Waals surface area (Å²) in [5, 5.41) is 0. The number of carbonyl (C=O) groups is 2. The van der Waals surface area contributed by atoms with Gasteiger partial charge in [0.25, 0.3) is 0 Å². The molecule has 13 heavy (non-hydrogen) atoms. The van der Waals surface area contributed by atoms with Crippen LogP contribution in [0.3, 0.4) is 0 Å². The van der Waals surface area contributed by atoms with E-state index in [-0.39, 0.29) is 0 Å². The zero-order chi connectivity index (χ0) is 9.84. The molecule has 0 bridgehead atoms. The highest BCUT2D eigenvalue weighted by molar-refractivity contribution is 6.34. The van der Waals surface area contributed by atoms with Crippen LogP contribution in [0, 0.1) is 0 Å². The van der Waals surface area contributed by atoms with Gasteiger partial charge in [0, 0.05) is 25.3 Å². The van der Waals surface area contributed by atoms with Crippen LogP contribution >= 0.6 is 0 Å². The van der Waals surface area contributed by atoms with Gasteiger partial charge in [-0.3, -0.25) is 9.59 Å². The summed E-state index contributed by atoms with van der Waals surface area (Å²) in [5.41, 5.74) is 1.21. The van der Waals surface area contributed by atoms with E-state index in [2.05, 4.69) is 0 Å². The molecule has 3 heteroatoms. The van der Waals surface area contributed by atoms with Crippen LogP contribution in [-0.2, 0) is 4.79 Å². The zero-order valence-electron chi connectivity index (χ0n) is 7.65. The molecule has 0 heterocycles. The van der Waals surface area contributed by atoms with E-state index < -0.39 is 5.78 Å². The lowest BCUT2D eigenvalue weighted by atomic mass is 10.1. The quantitative estimate of drug-likeness (QED) is 0.394. The van der Waals surface area contributed by atoms with Gasteiger partial charge in [0.1, 0.15) is 0 Å². The number of ketones is 1. The summed E-state index contributed by atoms with van der Waals surface area (Å²) in [6.07, 6.45) is 0.336. The van der Waals surface area contributed by atoms with Crippen molar-refractivity contribution in [3.05, 3.63) is 29.8 Å². The Balaban J connectivity index is 3.19. The fourth-order valence-electron chi connectivity index (χ4n) is 1.14. The minimum atomic E-state index is -0.482. The molecule has 0 aliphatic heterocycles. The first-order valence-corrected chi connectivity index (χ1v) is 3.92. The van der Waals surface area contributed by atoms with Gasteiger partial charge in [-0.2, -0.15) is 0 Å². The summed E-state index contributed by atoms with van der Waals surface area (Å²) in [6, 6.07) is 7.02. The summed E-state index contributed by atoms with van der Waals surface area (Å²) < 4.78 is 0. The topological polar surface area (TPSA) is 37.4 Å². The van der Waals surface area contributed by atoms with Crippen molar-refractivity contribution in [2.24, 2.45) is 0 Å². The third-order valence-corrected chi connectivity index (χ3v) is 1.76. The number of rotatable bonds is 3. The summed E-state index contributed by atoms with van der Waals surface area (Å²) in [4.78, 5) is 23.3. The number of benzene rings is 1. The van der Waals surface area contributed by atoms with Crippen molar-refractivity contribution < 1.29 is 9.59 Å². The molecule has 0 saturated carbocycles. The van der Waals surface area contributed by atoms with E-state index in [4.69, 9.17) is 0 Å². The standard InChI is InChI=1S/C10H11NO2/c1-11(2)9-6-4-3-5-8(9)10(13)7-12/h3-7H,1-2H3. The molecule has 0 unspecified atom stereocenters. The SMILES string of the molecule is CN(C)c1ccccc1C(=O)C=O. The van der Waals surface area contributed by atoms with Crippen LogP contribution in [0.2, 0.25) is 0 Å². The van der Waals surface area contributed by atoms with Crippen LogP contribution in [-0.4, -0.2) is 26.2 Å². The first-order chi connectivity index (χ1) is 6.16. The Morgan fingerprint density at radius 3 is 2.46 bits per heavy atom. The van der Waals surface area contributed by atoms with Crippen molar-refractivity contribution in [3.63, 3.8) is 0 Å². The van der Waals surface area contributed by atoms with Crippen LogP contribution < -0.4 is 4.90 Å². The van der Waals surface area contributed by atoms with Crippen LogP contribution in [0.1, 0.15) is 10.4 Å². The summed E-state index contributed by atoms with van der Waals surface area (Å²) in [5.74, 6) is -0.482. The first-order valence-electron chi connectivity index (χ1n) is 3.92. The number of hydrogen-bond acceptors (Lipinski definition) is 3. The van der Waals surface area contributed by atoms with Gasteiger partial charge in [-0.15, -0.1) is 0 Å². The maximum atomic E-state index is 11.1. The number of aldehydes is 1. The fourth-order valence-corrected chi connectivity index (χ4v) is 1.14. The van der Waals surface area contributed by atoms with E-state index in [1.165, 1.54) is 0 Å². The molecule has 0 radical (unpaired) electrons. The predicted octanol–water partition coefficient (Wildman–Crippen LogP) is 1.13. The minimum absolute atomic E-state index is 0.336. The Morgan fingerprint density at radius 2 is 1.92 bits per heavy atom. The Bertz CT molecular complexity index is 331. The number of anilines is 1. The number of Topliss-reactive ketones (excluding diaryl/α,β-unsaturated/α-hetero) is 1. The first kappa shape index (κ1) is 9.45. The lowest BCUT2D eigenvalue weighted by molar-refractivity contribution is -0.104. The van der Waals surface area contributed by atoms with Crippen LogP contribution in [0.4, 0.5) is 5.69 Å². The van der Waals surface area contributed by atoms with Crippen molar-refractivity contribution in [1.29, 1.82) is 0 Å². The second-order valence-electron chi connectivity index (χ2n) is 2.89. The molecule has 0 amide bonds. The van der Waals surface area contributed by atoms with Gasteiger partial charge in [0.05, 0.1) is 0 Å². The highest BCUT2D eigenvalue weighted by atomic mass is 16.2. The van der Waals surface area contributed by atoms with Gasteiger partial charge < -0.3 is 4.90 Å².